The van der Waals surface area contributed by atoms with E-state index in [1.165, 1.54) is 36.9 Å². The summed E-state index contributed by atoms with van der Waals surface area (Å²) in [5.41, 5.74) is 2.67. The fourth-order valence-electron chi connectivity index (χ4n) is 2.65. The third-order valence-corrected chi connectivity index (χ3v) is 5.10. The van der Waals surface area contributed by atoms with Crippen molar-refractivity contribution >= 4 is 16.1 Å². The molecule has 0 heterocycles. The molecule has 1 aliphatic carbocycles. The Hall–Kier alpha value is -2.34. The lowest BCUT2D eigenvalue weighted by molar-refractivity contribution is 0.0600. The van der Waals surface area contributed by atoms with Crippen molar-refractivity contribution in [2.24, 2.45) is 0 Å². The highest BCUT2D eigenvalue weighted by atomic mass is 32.2. The molecular weight excluding hydrogens is 316 g/mol. The summed E-state index contributed by atoms with van der Waals surface area (Å²) in [4.78, 5) is 11.4. The smallest absolute Gasteiger partial charge is 0.339 e. The van der Waals surface area contributed by atoms with Gasteiger partial charge in [-0.1, -0.05) is 6.07 Å². The van der Waals surface area contributed by atoms with Gasteiger partial charge in [0.05, 0.1) is 12.7 Å². The van der Waals surface area contributed by atoms with Gasteiger partial charge in [-0.3, -0.25) is 0 Å². The van der Waals surface area contributed by atoms with Gasteiger partial charge < -0.3 is 8.92 Å². The summed E-state index contributed by atoms with van der Waals surface area (Å²) in [6, 6.07) is 10.8. The number of rotatable bonds is 4. The summed E-state index contributed by atoms with van der Waals surface area (Å²) >= 11 is 0. The number of fused-ring (bicyclic) bond motifs is 1. The zero-order chi connectivity index (χ0) is 16.4. The Morgan fingerprint density at radius 2 is 1.70 bits per heavy atom. The molecule has 2 aromatic carbocycles. The average molecular weight is 332 g/mol. The minimum Gasteiger partial charge on any atom is -0.465 e. The van der Waals surface area contributed by atoms with Crippen LogP contribution >= 0.6 is 0 Å². The van der Waals surface area contributed by atoms with Crippen LogP contribution in [0.25, 0.3) is 0 Å². The molecule has 0 unspecified atom stereocenters. The van der Waals surface area contributed by atoms with E-state index in [0.717, 1.165) is 24.8 Å². The predicted octanol–water partition coefficient (Wildman–Crippen LogP) is 2.73. The Kier molecular flexibility index (Phi) is 4.09. The molecule has 0 atom stereocenters. The zero-order valence-electron chi connectivity index (χ0n) is 12.6. The SMILES string of the molecule is COC(=O)c1ccc(S(=O)(=O)Oc2ccc3c(c2)CCC3)cc1. The van der Waals surface area contributed by atoms with E-state index < -0.39 is 16.1 Å². The van der Waals surface area contributed by atoms with Crippen LogP contribution in [0.3, 0.4) is 0 Å². The van der Waals surface area contributed by atoms with Crippen LogP contribution in [0.1, 0.15) is 27.9 Å². The van der Waals surface area contributed by atoms with Crippen molar-refractivity contribution in [2.45, 2.75) is 24.2 Å². The monoisotopic (exact) mass is 332 g/mol. The van der Waals surface area contributed by atoms with Crippen molar-refractivity contribution in [3.8, 4) is 5.75 Å². The van der Waals surface area contributed by atoms with E-state index in [4.69, 9.17) is 4.18 Å². The van der Waals surface area contributed by atoms with E-state index in [2.05, 4.69) is 4.74 Å². The number of hydrogen-bond acceptors (Lipinski definition) is 5. The Morgan fingerprint density at radius 3 is 2.39 bits per heavy atom. The number of hydrogen-bond donors (Lipinski definition) is 0. The molecule has 1 aliphatic rings. The fraction of sp³-hybridized carbons (Fsp3) is 0.235. The van der Waals surface area contributed by atoms with Crippen LogP contribution in [0.2, 0.25) is 0 Å². The summed E-state index contributed by atoms with van der Waals surface area (Å²) < 4.78 is 34.4. The molecule has 6 heteroatoms. The van der Waals surface area contributed by atoms with Gasteiger partial charge in [0.2, 0.25) is 0 Å². The summed E-state index contributed by atoms with van der Waals surface area (Å²) in [5, 5.41) is 0. The van der Waals surface area contributed by atoms with E-state index in [-0.39, 0.29) is 10.5 Å². The van der Waals surface area contributed by atoms with Crippen molar-refractivity contribution in [3.05, 3.63) is 59.2 Å². The van der Waals surface area contributed by atoms with Gasteiger partial charge in [-0.2, -0.15) is 8.42 Å². The number of aryl methyl sites for hydroxylation is 2. The van der Waals surface area contributed by atoms with Crippen LogP contribution in [0.15, 0.2) is 47.4 Å². The second kappa shape index (κ2) is 6.04. The Bertz CT molecular complexity index is 838. The first-order valence-electron chi connectivity index (χ1n) is 7.24. The number of carbonyl (C=O) groups excluding carboxylic acids is 1. The highest BCUT2D eigenvalue weighted by Crippen LogP contribution is 2.27. The summed E-state index contributed by atoms with van der Waals surface area (Å²) in [7, 11) is -2.66. The molecule has 0 saturated carbocycles. The second-order valence-electron chi connectivity index (χ2n) is 5.34. The minimum atomic E-state index is -3.93. The van der Waals surface area contributed by atoms with E-state index in [0.29, 0.717) is 5.75 Å². The number of benzene rings is 2. The molecule has 0 fully saturated rings. The first-order valence-corrected chi connectivity index (χ1v) is 8.65. The number of ether oxygens (including phenoxy) is 1. The molecule has 3 rings (SSSR count). The molecular formula is C17H16O5S. The normalized spacial score (nSPS) is 13.4. The van der Waals surface area contributed by atoms with E-state index in [1.807, 2.05) is 6.07 Å². The highest BCUT2D eigenvalue weighted by molar-refractivity contribution is 7.87. The van der Waals surface area contributed by atoms with E-state index in [9.17, 15) is 13.2 Å². The van der Waals surface area contributed by atoms with Crippen molar-refractivity contribution in [1.29, 1.82) is 0 Å². The Morgan fingerprint density at radius 1 is 1.00 bits per heavy atom. The fourth-order valence-corrected chi connectivity index (χ4v) is 3.57. The van der Waals surface area contributed by atoms with Gasteiger partial charge in [-0.05, 0) is 66.8 Å². The Balaban J connectivity index is 1.82. The van der Waals surface area contributed by atoms with Gasteiger partial charge in [0.25, 0.3) is 0 Å². The third kappa shape index (κ3) is 3.22. The van der Waals surface area contributed by atoms with Crippen LogP contribution in [0.5, 0.6) is 5.75 Å². The molecule has 0 aliphatic heterocycles. The molecule has 0 saturated heterocycles. The maximum atomic E-state index is 12.3. The van der Waals surface area contributed by atoms with Gasteiger partial charge >= 0.3 is 16.1 Å². The lowest BCUT2D eigenvalue weighted by Crippen LogP contribution is -2.10. The average Bonchev–Trinajstić information content (AvgIpc) is 3.01. The molecule has 120 valence electrons. The molecule has 0 amide bonds. The lowest BCUT2D eigenvalue weighted by atomic mass is 10.1. The zero-order valence-corrected chi connectivity index (χ0v) is 13.4. The van der Waals surface area contributed by atoms with E-state index >= 15 is 0 Å². The number of carbonyl (C=O) groups is 1. The quantitative estimate of drug-likeness (QED) is 0.636. The van der Waals surface area contributed by atoms with Crippen LogP contribution in [-0.4, -0.2) is 21.5 Å². The van der Waals surface area contributed by atoms with Crippen molar-refractivity contribution < 1.29 is 22.1 Å². The molecule has 0 radical (unpaired) electrons. The van der Waals surface area contributed by atoms with Crippen molar-refractivity contribution in [1.82, 2.24) is 0 Å². The topological polar surface area (TPSA) is 69.7 Å². The molecule has 23 heavy (non-hydrogen) atoms. The maximum Gasteiger partial charge on any atom is 0.339 e. The van der Waals surface area contributed by atoms with Gasteiger partial charge in [0.15, 0.2) is 0 Å². The summed E-state index contributed by atoms with van der Waals surface area (Å²) in [6.07, 6.45) is 3.05. The summed E-state index contributed by atoms with van der Waals surface area (Å²) in [6.45, 7) is 0. The summed E-state index contributed by atoms with van der Waals surface area (Å²) in [5.74, 6) is -0.212. The Labute approximate surface area is 135 Å². The van der Waals surface area contributed by atoms with Crippen molar-refractivity contribution in [3.63, 3.8) is 0 Å². The van der Waals surface area contributed by atoms with E-state index in [1.54, 1.807) is 12.1 Å². The van der Waals surface area contributed by atoms with Gasteiger partial charge in [-0.15, -0.1) is 0 Å². The maximum absolute atomic E-state index is 12.3. The van der Waals surface area contributed by atoms with Crippen LogP contribution in [0, 0.1) is 0 Å². The van der Waals surface area contributed by atoms with Crippen LogP contribution in [-0.2, 0) is 27.7 Å². The second-order valence-corrected chi connectivity index (χ2v) is 6.88. The van der Waals surface area contributed by atoms with Crippen LogP contribution in [0.4, 0.5) is 0 Å². The number of esters is 1. The first-order chi connectivity index (χ1) is 11.0. The standard InChI is InChI=1S/C17H16O5S/c1-21-17(18)13-6-9-16(10-7-13)23(19,20)22-15-8-5-12-3-2-4-14(12)11-15/h5-11H,2-4H2,1H3. The molecule has 5 nitrogen and oxygen atoms in total. The molecule has 0 spiro atoms. The van der Waals surface area contributed by atoms with Gasteiger partial charge in [0, 0.05) is 0 Å². The molecule has 0 aromatic heterocycles. The molecule has 2 aromatic rings. The highest BCUT2D eigenvalue weighted by Gasteiger charge is 2.19. The van der Waals surface area contributed by atoms with Gasteiger partial charge in [-0.25, -0.2) is 4.79 Å². The lowest BCUT2D eigenvalue weighted by Gasteiger charge is -2.09. The number of methoxy groups -OCH3 is 1. The minimum absolute atomic E-state index is 0.00866. The predicted molar refractivity (Wildman–Crippen MR) is 84.1 cm³/mol. The third-order valence-electron chi connectivity index (χ3n) is 3.84. The first kappa shape index (κ1) is 15.6. The van der Waals surface area contributed by atoms with Crippen molar-refractivity contribution in [2.75, 3.05) is 7.11 Å². The molecule has 0 N–H and O–H groups in total. The molecule has 0 bridgehead atoms. The largest absolute Gasteiger partial charge is 0.465 e. The van der Waals surface area contributed by atoms with Crippen LogP contribution < -0.4 is 4.18 Å². The van der Waals surface area contributed by atoms with Gasteiger partial charge in [0.1, 0.15) is 10.6 Å².